The van der Waals surface area contributed by atoms with E-state index in [0.717, 1.165) is 56.3 Å². The van der Waals surface area contributed by atoms with Crippen LogP contribution >= 0.6 is 0 Å². The molecule has 1 aromatic rings. The van der Waals surface area contributed by atoms with E-state index >= 15 is 0 Å². The fraction of sp³-hybridized carbons (Fsp3) is 0.667. The number of urea groups is 1. The first-order valence-corrected chi connectivity index (χ1v) is 7.48. The highest BCUT2D eigenvalue weighted by Crippen LogP contribution is 2.31. The predicted octanol–water partition coefficient (Wildman–Crippen LogP) is 2.26. The third-order valence-corrected chi connectivity index (χ3v) is 4.60. The van der Waals surface area contributed by atoms with Gasteiger partial charge in [-0.15, -0.1) is 0 Å². The van der Waals surface area contributed by atoms with E-state index in [1.165, 1.54) is 0 Å². The van der Waals surface area contributed by atoms with E-state index in [9.17, 15) is 9.90 Å². The van der Waals surface area contributed by atoms with E-state index in [-0.39, 0.29) is 18.7 Å². The van der Waals surface area contributed by atoms with Crippen molar-refractivity contribution in [2.45, 2.75) is 56.5 Å². The number of aliphatic hydroxyl groups is 1. The van der Waals surface area contributed by atoms with Gasteiger partial charge in [0.25, 0.3) is 0 Å². The Balaban J connectivity index is 1.63. The number of amides is 2. The molecule has 1 aromatic heterocycles. The second kappa shape index (κ2) is 5.48. The molecule has 2 aliphatic carbocycles. The molecule has 1 atom stereocenters. The van der Waals surface area contributed by atoms with Gasteiger partial charge >= 0.3 is 6.03 Å². The van der Waals surface area contributed by atoms with Crippen LogP contribution in [-0.4, -0.2) is 23.3 Å². The van der Waals surface area contributed by atoms with Crippen LogP contribution in [0.1, 0.15) is 55.9 Å². The normalized spacial score (nSPS) is 24.1. The summed E-state index contributed by atoms with van der Waals surface area (Å²) in [4.78, 5) is 12.2. The molecule has 1 unspecified atom stereocenters. The lowest BCUT2D eigenvalue weighted by atomic mass is 9.93. The molecule has 0 bridgehead atoms. The molecule has 1 saturated carbocycles. The standard InChI is InChI=1S/C15H22N2O3/c18-10-15(7-1-2-8-15)17-14(19)16-12-4-3-5-13-11(12)6-9-20-13/h6,9,12,18H,1-5,7-8,10H2,(H2,16,17,19). The van der Waals surface area contributed by atoms with Crippen molar-refractivity contribution < 1.29 is 14.3 Å². The van der Waals surface area contributed by atoms with E-state index in [1.54, 1.807) is 6.26 Å². The van der Waals surface area contributed by atoms with Crippen LogP contribution in [0, 0.1) is 0 Å². The molecule has 110 valence electrons. The van der Waals surface area contributed by atoms with Crippen molar-refractivity contribution in [3.8, 4) is 0 Å². The monoisotopic (exact) mass is 278 g/mol. The van der Waals surface area contributed by atoms with Crippen molar-refractivity contribution in [1.29, 1.82) is 0 Å². The molecule has 0 spiro atoms. The predicted molar refractivity (Wildman–Crippen MR) is 74.3 cm³/mol. The summed E-state index contributed by atoms with van der Waals surface area (Å²) in [7, 11) is 0. The number of nitrogens with one attached hydrogen (secondary N) is 2. The molecule has 5 heteroatoms. The van der Waals surface area contributed by atoms with Gasteiger partial charge in [-0.05, 0) is 31.7 Å². The number of hydrogen-bond donors (Lipinski definition) is 3. The lowest BCUT2D eigenvalue weighted by Crippen LogP contribution is -2.53. The second-order valence-electron chi connectivity index (χ2n) is 5.99. The van der Waals surface area contributed by atoms with Crippen LogP contribution in [0.3, 0.4) is 0 Å². The van der Waals surface area contributed by atoms with Gasteiger partial charge in [-0.2, -0.15) is 0 Å². The topological polar surface area (TPSA) is 74.5 Å². The van der Waals surface area contributed by atoms with Crippen molar-refractivity contribution in [1.82, 2.24) is 10.6 Å². The summed E-state index contributed by atoms with van der Waals surface area (Å²) in [6.07, 6.45) is 8.45. The van der Waals surface area contributed by atoms with Gasteiger partial charge in [0.2, 0.25) is 0 Å². The summed E-state index contributed by atoms with van der Waals surface area (Å²) >= 11 is 0. The van der Waals surface area contributed by atoms with Crippen LogP contribution in [0.25, 0.3) is 0 Å². The van der Waals surface area contributed by atoms with Crippen molar-refractivity contribution in [2.75, 3.05) is 6.61 Å². The Kier molecular flexibility index (Phi) is 3.70. The van der Waals surface area contributed by atoms with Crippen molar-refractivity contribution in [2.24, 2.45) is 0 Å². The maximum absolute atomic E-state index is 12.2. The van der Waals surface area contributed by atoms with Gasteiger partial charge < -0.3 is 20.2 Å². The number of rotatable bonds is 3. The van der Waals surface area contributed by atoms with Gasteiger partial charge in [0.05, 0.1) is 24.5 Å². The highest BCUT2D eigenvalue weighted by molar-refractivity contribution is 5.75. The summed E-state index contributed by atoms with van der Waals surface area (Å²) in [5, 5.41) is 15.5. The average molecular weight is 278 g/mol. The number of aryl methyl sites for hydroxylation is 1. The molecule has 5 nitrogen and oxygen atoms in total. The van der Waals surface area contributed by atoms with Crippen LogP contribution in [0.5, 0.6) is 0 Å². The molecule has 0 aliphatic heterocycles. The van der Waals surface area contributed by atoms with Crippen molar-refractivity contribution in [3.05, 3.63) is 23.7 Å². The Hall–Kier alpha value is -1.49. The van der Waals surface area contributed by atoms with Gasteiger partial charge in [0.1, 0.15) is 5.76 Å². The molecule has 2 aliphatic rings. The summed E-state index contributed by atoms with van der Waals surface area (Å²) in [6, 6.07) is 1.78. The highest BCUT2D eigenvalue weighted by Gasteiger charge is 2.35. The summed E-state index contributed by atoms with van der Waals surface area (Å²) < 4.78 is 5.43. The zero-order valence-corrected chi connectivity index (χ0v) is 11.7. The smallest absolute Gasteiger partial charge is 0.315 e. The first-order valence-electron chi connectivity index (χ1n) is 7.48. The third-order valence-electron chi connectivity index (χ3n) is 4.60. The molecule has 3 N–H and O–H groups in total. The lowest BCUT2D eigenvalue weighted by Gasteiger charge is -2.30. The summed E-state index contributed by atoms with van der Waals surface area (Å²) in [6.45, 7) is 0.0159. The van der Waals surface area contributed by atoms with E-state index in [1.807, 2.05) is 6.07 Å². The van der Waals surface area contributed by atoms with Crippen LogP contribution in [0.4, 0.5) is 4.79 Å². The van der Waals surface area contributed by atoms with Crippen LogP contribution in [-0.2, 0) is 6.42 Å². The number of fused-ring (bicyclic) bond motifs is 1. The molecule has 1 fully saturated rings. The van der Waals surface area contributed by atoms with E-state index in [4.69, 9.17) is 4.42 Å². The molecule has 1 heterocycles. The van der Waals surface area contributed by atoms with Gasteiger partial charge in [-0.3, -0.25) is 0 Å². The maximum Gasteiger partial charge on any atom is 0.315 e. The van der Waals surface area contributed by atoms with Crippen LogP contribution < -0.4 is 10.6 Å². The Morgan fingerprint density at radius 3 is 2.95 bits per heavy atom. The third kappa shape index (κ3) is 2.54. The first-order chi connectivity index (χ1) is 9.72. The first kappa shape index (κ1) is 13.5. The minimum absolute atomic E-state index is 0.0159. The minimum atomic E-state index is -0.419. The van der Waals surface area contributed by atoms with Gasteiger partial charge in [0.15, 0.2) is 0 Å². The molecule has 0 aromatic carbocycles. The van der Waals surface area contributed by atoms with Crippen molar-refractivity contribution >= 4 is 6.03 Å². The number of aliphatic hydroxyl groups excluding tert-OH is 1. The fourth-order valence-electron chi connectivity index (χ4n) is 3.45. The Morgan fingerprint density at radius 1 is 1.40 bits per heavy atom. The number of carbonyl (C=O) groups excluding carboxylic acids is 1. The molecule has 2 amide bonds. The van der Waals surface area contributed by atoms with Gasteiger partial charge in [0, 0.05) is 12.0 Å². The Labute approximate surface area is 118 Å². The van der Waals surface area contributed by atoms with Gasteiger partial charge in [-0.25, -0.2) is 4.79 Å². The Morgan fingerprint density at radius 2 is 2.20 bits per heavy atom. The number of hydrogen-bond acceptors (Lipinski definition) is 3. The van der Waals surface area contributed by atoms with E-state index in [0.29, 0.717) is 0 Å². The number of carbonyl (C=O) groups is 1. The second-order valence-corrected chi connectivity index (χ2v) is 5.99. The average Bonchev–Trinajstić information content (AvgIpc) is 3.08. The van der Waals surface area contributed by atoms with Crippen LogP contribution in [0.2, 0.25) is 0 Å². The molecular formula is C15H22N2O3. The quantitative estimate of drug-likeness (QED) is 0.794. The molecule has 0 saturated heterocycles. The maximum atomic E-state index is 12.2. The van der Waals surface area contributed by atoms with Crippen LogP contribution in [0.15, 0.2) is 16.7 Å². The molecule has 20 heavy (non-hydrogen) atoms. The zero-order chi connectivity index (χ0) is 14.0. The largest absolute Gasteiger partial charge is 0.469 e. The van der Waals surface area contributed by atoms with Gasteiger partial charge in [-0.1, -0.05) is 12.8 Å². The minimum Gasteiger partial charge on any atom is -0.469 e. The highest BCUT2D eigenvalue weighted by atomic mass is 16.3. The molecule has 3 rings (SSSR count). The SMILES string of the molecule is O=C(NC1CCCc2occc21)NC1(CO)CCCC1. The van der Waals surface area contributed by atoms with E-state index in [2.05, 4.69) is 10.6 Å². The lowest BCUT2D eigenvalue weighted by molar-refractivity contribution is 0.161. The van der Waals surface area contributed by atoms with Crippen molar-refractivity contribution in [3.63, 3.8) is 0 Å². The zero-order valence-electron chi connectivity index (χ0n) is 11.7. The Bertz CT molecular complexity index is 477. The summed E-state index contributed by atoms with van der Waals surface area (Å²) in [5.74, 6) is 0.985. The van der Waals surface area contributed by atoms with E-state index < -0.39 is 5.54 Å². The summed E-state index contributed by atoms with van der Waals surface area (Å²) in [5.41, 5.74) is 0.675. The molecule has 0 radical (unpaired) electrons. The number of furan rings is 1. The molecular weight excluding hydrogens is 256 g/mol. The fourth-order valence-corrected chi connectivity index (χ4v) is 3.45.